The van der Waals surface area contributed by atoms with Crippen LogP contribution in [0.4, 0.5) is 5.82 Å². The molecule has 0 atom stereocenters. The third-order valence-corrected chi connectivity index (χ3v) is 6.36. The molecule has 5 rings (SSSR count). The number of anilines is 1. The molecular weight excluding hydrogens is 332 g/mol. The zero-order valence-electron chi connectivity index (χ0n) is 14.7. The first-order chi connectivity index (χ1) is 12.1. The zero-order valence-corrected chi connectivity index (χ0v) is 15.5. The predicted molar refractivity (Wildman–Crippen MR) is 101 cm³/mol. The van der Waals surface area contributed by atoms with Crippen LogP contribution in [0.15, 0.2) is 12.4 Å². The van der Waals surface area contributed by atoms with Crippen LogP contribution >= 0.6 is 11.3 Å². The standard InChI is InChI=1S/C19H22N4OS/c1-19(2)9-12-8-14-15(22-13(12)10-24-19)16-17(25-14)18(21-11-20-16)23-6-4-3-5-7-23/h8,11H,3-7,9-10H2,1-2H3. The molecule has 25 heavy (non-hydrogen) atoms. The van der Waals surface area contributed by atoms with Gasteiger partial charge in [0.2, 0.25) is 0 Å². The molecule has 0 N–H and O–H groups in total. The Morgan fingerprint density at radius 2 is 1.96 bits per heavy atom. The Kier molecular flexibility index (Phi) is 3.47. The van der Waals surface area contributed by atoms with E-state index in [0.717, 1.165) is 42.1 Å². The Labute approximate surface area is 151 Å². The Morgan fingerprint density at radius 3 is 2.80 bits per heavy atom. The predicted octanol–water partition coefficient (Wildman–Crippen LogP) is 4.08. The van der Waals surface area contributed by atoms with Crippen molar-refractivity contribution in [2.75, 3.05) is 18.0 Å². The maximum Gasteiger partial charge on any atom is 0.150 e. The first-order valence-electron chi connectivity index (χ1n) is 9.06. The quantitative estimate of drug-likeness (QED) is 0.659. The molecule has 2 aliphatic heterocycles. The monoisotopic (exact) mass is 354 g/mol. The summed E-state index contributed by atoms with van der Waals surface area (Å²) in [7, 11) is 0. The summed E-state index contributed by atoms with van der Waals surface area (Å²) < 4.78 is 8.34. The van der Waals surface area contributed by atoms with E-state index in [4.69, 9.17) is 9.72 Å². The molecule has 0 radical (unpaired) electrons. The number of aromatic nitrogens is 3. The average molecular weight is 354 g/mol. The highest BCUT2D eigenvalue weighted by Crippen LogP contribution is 2.39. The molecule has 3 aromatic heterocycles. The van der Waals surface area contributed by atoms with Crippen molar-refractivity contribution in [1.29, 1.82) is 0 Å². The summed E-state index contributed by atoms with van der Waals surface area (Å²) in [5.41, 5.74) is 4.25. The number of ether oxygens (including phenoxy) is 1. The van der Waals surface area contributed by atoms with Crippen molar-refractivity contribution >= 4 is 37.6 Å². The summed E-state index contributed by atoms with van der Waals surface area (Å²) in [4.78, 5) is 16.5. The van der Waals surface area contributed by atoms with E-state index < -0.39 is 0 Å². The van der Waals surface area contributed by atoms with Gasteiger partial charge in [-0.15, -0.1) is 11.3 Å². The van der Waals surface area contributed by atoms with E-state index in [0.29, 0.717) is 6.61 Å². The molecule has 6 heteroatoms. The van der Waals surface area contributed by atoms with E-state index in [1.54, 1.807) is 17.7 Å². The van der Waals surface area contributed by atoms with Crippen LogP contribution in [-0.4, -0.2) is 33.6 Å². The minimum atomic E-state index is -0.113. The van der Waals surface area contributed by atoms with Crippen molar-refractivity contribution < 1.29 is 4.74 Å². The van der Waals surface area contributed by atoms with Gasteiger partial charge in [-0.05, 0) is 44.7 Å². The molecule has 0 unspecified atom stereocenters. The van der Waals surface area contributed by atoms with Crippen LogP contribution in [0.3, 0.4) is 0 Å². The van der Waals surface area contributed by atoms with Crippen LogP contribution in [0.2, 0.25) is 0 Å². The summed E-state index contributed by atoms with van der Waals surface area (Å²) >= 11 is 1.78. The lowest BCUT2D eigenvalue weighted by atomic mass is 9.94. The van der Waals surface area contributed by atoms with E-state index in [1.165, 1.54) is 34.2 Å². The molecule has 0 amide bonds. The third-order valence-electron chi connectivity index (χ3n) is 5.25. The van der Waals surface area contributed by atoms with Crippen LogP contribution in [0.5, 0.6) is 0 Å². The highest BCUT2D eigenvalue weighted by atomic mass is 32.1. The van der Waals surface area contributed by atoms with E-state index >= 15 is 0 Å². The van der Waals surface area contributed by atoms with Gasteiger partial charge in [0.25, 0.3) is 0 Å². The Bertz CT molecular complexity index is 959. The van der Waals surface area contributed by atoms with Crippen molar-refractivity contribution in [2.45, 2.75) is 51.7 Å². The maximum atomic E-state index is 5.95. The summed E-state index contributed by atoms with van der Waals surface area (Å²) in [6, 6.07) is 2.30. The highest BCUT2D eigenvalue weighted by molar-refractivity contribution is 7.26. The highest BCUT2D eigenvalue weighted by Gasteiger charge is 2.28. The molecule has 2 aliphatic rings. The number of thiophene rings is 1. The fraction of sp³-hybridized carbons (Fsp3) is 0.526. The normalized spacial score (nSPS) is 20.2. The van der Waals surface area contributed by atoms with Gasteiger partial charge in [-0.25, -0.2) is 15.0 Å². The molecular formula is C19H22N4OS. The molecule has 0 spiro atoms. The molecule has 1 saturated heterocycles. The van der Waals surface area contributed by atoms with Gasteiger partial charge in [-0.3, -0.25) is 0 Å². The lowest BCUT2D eigenvalue weighted by Crippen LogP contribution is -2.32. The van der Waals surface area contributed by atoms with Gasteiger partial charge in [0.15, 0.2) is 0 Å². The van der Waals surface area contributed by atoms with Crippen LogP contribution in [0, 0.1) is 0 Å². The minimum Gasteiger partial charge on any atom is -0.369 e. The smallest absolute Gasteiger partial charge is 0.150 e. The number of hydrogen-bond donors (Lipinski definition) is 0. The first kappa shape index (κ1) is 15.5. The second-order valence-electron chi connectivity index (χ2n) is 7.69. The van der Waals surface area contributed by atoms with Crippen LogP contribution in [0.25, 0.3) is 20.4 Å². The van der Waals surface area contributed by atoms with Gasteiger partial charge in [0.1, 0.15) is 23.2 Å². The molecule has 1 fully saturated rings. The number of nitrogens with zero attached hydrogens (tertiary/aromatic N) is 4. The van der Waals surface area contributed by atoms with Gasteiger partial charge in [-0.2, -0.15) is 0 Å². The SMILES string of the molecule is CC1(C)Cc2cc3sc4c(N5CCCCC5)ncnc4c3nc2CO1. The number of hydrogen-bond acceptors (Lipinski definition) is 6. The lowest BCUT2D eigenvalue weighted by Gasteiger charge is -2.31. The Hall–Kier alpha value is -1.79. The summed E-state index contributed by atoms with van der Waals surface area (Å²) in [5, 5.41) is 0. The van der Waals surface area contributed by atoms with Crippen LogP contribution in [-0.2, 0) is 17.8 Å². The summed E-state index contributed by atoms with van der Waals surface area (Å²) in [6.07, 6.45) is 6.41. The van der Waals surface area contributed by atoms with E-state index in [-0.39, 0.29) is 5.60 Å². The van der Waals surface area contributed by atoms with Crippen molar-refractivity contribution in [3.8, 4) is 0 Å². The molecule has 5 nitrogen and oxygen atoms in total. The Balaban J connectivity index is 1.68. The van der Waals surface area contributed by atoms with Crippen molar-refractivity contribution in [1.82, 2.24) is 15.0 Å². The van der Waals surface area contributed by atoms with Crippen molar-refractivity contribution in [2.24, 2.45) is 0 Å². The molecule has 3 aromatic rings. The van der Waals surface area contributed by atoms with Gasteiger partial charge in [-0.1, -0.05) is 0 Å². The van der Waals surface area contributed by atoms with E-state index in [1.807, 2.05) is 0 Å². The molecule has 130 valence electrons. The Morgan fingerprint density at radius 1 is 1.12 bits per heavy atom. The summed E-state index contributed by atoms with van der Waals surface area (Å²) in [6.45, 7) is 7.05. The van der Waals surface area contributed by atoms with Crippen LogP contribution in [0.1, 0.15) is 44.4 Å². The van der Waals surface area contributed by atoms with Crippen molar-refractivity contribution in [3.63, 3.8) is 0 Å². The fourth-order valence-electron chi connectivity index (χ4n) is 3.94. The van der Waals surface area contributed by atoms with Crippen LogP contribution < -0.4 is 4.90 Å². The number of piperidine rings is 1. The van der Waals surface area contributed by atoms with E-state index in [2.05, 4.69) is 34.8 Å². The van der Waals surface area contributed by atoms with Crippen molar-refractivity contribution in [3.05, 3.63) is 23.7 Å². The lowest BCUT2D eigenvalue weighted by molar-refractivity contribution is -0.0418. The second-order valence-corrected chi connectivity index (χ2v) is 8.74. The molecule has 0 bridgehead atoms. The third kappa shape index (κ3) is 2.59. The minimum absolute atomic E-state index is 0.113. The number of fused-ring (bicyclic) bond motifs is 4. The van der Waals surface area contributed by atoms with E-state index in [9.17, 15) is 0 Å². The zero-order chi connectivity index (χ0) is 17.0. The maximum absolute atomic E-state index is 5.95. The van der Waals surface area contributed by atoms with Gasteiger partial charge in [0, 0.05) is 19.5 Å². The average Bonchev–Trinajstić information content (AvgIpc) is 2.97. The number of rotatable bonds is 1. The van der Waals surface area contributed by atoms with Gasteiger partial charge in [0.05, 0.1) is 27.3 Å². The fourth-order valence-corrected chi connectivity index (χ4v) is 5.12. The van der Waals surface area contributed by atoms with Gasteiger partial charge < -0.3 is 9.64 Å². The molecule has 5 heterocycles. The summed E-state index contributed by atoms with van der Waals surface area (Å²) in [5.74, 6) is 1.09. The second kappa shape index (κ2) is 5.61. The largest absolute Gasteiger partial charge is 0.369 e. The molecule has 0 aromatic carbocycles. The first-order valence-corrected chi connectivity index (χ1v) is 9.87. The molecule has 0 aliphatic carbocycles. The number of pyridine rings is 1. The van der Waals surface area contributed by atoms with Gasteiger partial charge >= 0.3 is 0 Å². The topological polar surface area (TPSA) is 51.1 Å². The molecule has 0 saturated carbocycles.